The van der Waals surface area contributed by atoms with E-state index >= 15 is 0 Å². The zero-order valence-electron chi connectivity index (χ0n) is 9.41. The molecule has 2 rings (SSSR count). The van der Waals surface area contributed by atoms with Crippen LogP contribution in [0.15, 0.2) is 60.7 Å². The predicted molar refractivity (Wildman–Crippen MR) is 67.3 cm³/mol. The SMILES string of the molecule is O[C@H](Cc1ccccc1)ONc1ccccc1. The lowest BCUT2D eigenvalue weighted by Crippen LogP contribution is -2.18. The van der Waals surface area contributed by atoms with E-state index in [4.69, 9.17) is 4.84 Å². The molecule has 1 atom stereocenters. The highest BCUT2D eigenvalue weighted by Gasteiger charge is 2.05. The summed E-state index contributed by atoms with van der Waals surface area (Å²) in [6.45, 7) is 0. The molecule has 0 heterocycles. The van der Waals surface area contributed by atoms with Crippen molar-refractivity contribution >= 4 is 5.69 Å². The second-order valence-electron chi connectivity index (χ2n) is 3.73. The highest BCUT2D eigenvalue weighted by Crippen LogP contribution is 2.08. The quantitative estimate of drug-likeness (QED) is 0.611. The summed E-state index contributed by atoms with van der Waals surface area (Å²) >= 11 is 0. The second-order valence-corrected chi connectivity index (χ2v) is 3.73. The molecule has 0 bridgehead atoms. The molecule has 0 aliphatic rings. The molecule has 0 fully saturated rings. The number of rotatable bonds is 5. The van der Waals surface area contributed by atoms with Crippen LogP contribution in [0.3, 0.4) is 0 Å². The summed E-state index contributed by atoms with van der Waals surface area (Å²) in [6.07, 6.45) is -0.404. The van der Waals surface area contributed by atoms with Crippen LogP contribution >= 0.6 is 0 Å². The van der Waals surface area contributed by atoms with Gasteiger partial charge in [-0.15, -0.1) is 0 Å². The van der Waals surface area contributed by atoms with Crippen LogP contribution in [0.2, 0.25) is 0 Å². The third kappa shape index (κ3) is 3.90. The molecule has 0 unspecified atom stereocenters. The standard InChI is InChI=1S/C14H15NO2/c16-14(11-12-7-3-1-4-8-12)17-15-13-9-5-2-6-10-13/h1-10,14-16H,11H2/t14-/m0/s1. The summed E-state index contributed by atoms with van der Waals surface area (Å²) in [4.78, 5) is 5.14. The maximum atomic E-state index is 9.68. The fraction of sp³-hybridized carbons (Fsp3) is 0.143. The van der Waals surface area contributed by atoms with Crippen LogP contribution in [0.4, 0.5) is 5.69 Å². The Morgan fingerprint density at radius 2 is 1.53 bits per heavy atom. The van der Waals surface area contributed by atoms with Crippen LogP contribution in [-0.4, -0.2) is 11.4 Å². The summed E-state index contributed by atoms with van der Waals surface area (Å²) in [6, 6.07) is 19.2. The van der Waals surface area contributed by atoms with Crippen molar-refractivity contribution in [1.29, 1.82) is 0 Å². The molecular formula is C14H15NO2. The number of aliphatic hydroxyl groups excluding tert-OH is 1. The molecular weight excluding hydrogens is 214 g/mol. The van der Waals surface area contributed by atoms with Crippen molar-refractivity contribution in [2.24, 2.45) is 0 Å². The predicted octanol–water partition coefficient (Wildman–Crippen LogP) is 2.59. The van der Waals surface area contributed by atoms with Gasteiger partial charge in [-0.05, 0) is 17.7 Å². The minimum Gasteiger partial charge on any atom is -0.366 e. The minimum absolute atomic E-state index is 0.459. The Morgan fingerprint density at radius 1 is 0.941 bits per heavy atom. The smallest absolute Gasteiger partial charge is 0.185 e. The average Bonchev–Trinajstić information content (AvgIpc) is 2.39. The lowest BCUT2D eigenvalue weighted by atomic mass is 10.1. The Kier molecular flexibility index (Phi) is 4.13. The van der Waals surface area contributed by atoms with Crippen molar-refractivity contribution in [1.82, 2.24) is 0 Å². The molecule has 0 aromatic heterocycles. The zero-order chi connectivity index (χ0) is 11.9. The Labute approximate surface area is 101 Å². The molecule has 0 spiro atoms. The number of hydrogen-bond donors (Lipinski definition) is 2. The van der Waals surface area contributed by atoms with Gasteiger partial charge in [-0.3, -0.25) is 5.48 Å². The van der Waals surface area contributed by atoms with Crippen LogP contribution < -0.4 is 5.48 Å². The van der Waals surface area contributed by atoms with Gasteiger partial charge in [0, 0.05) is 6.42 Å². The Balaban J connectivity index is 1.80. The van der Waals surface area contributed by atoms with Crippen molar-refractivity contribution in [2.45, 2.75) is 12.7 Å². The fourth-order valence-electron chi connectivity index (χ4n) is 1.50. The number of nitrogens with one attached hydrogen (secondary N) is 1. The van der Waals surface area contributed by atoms with E-state index in [0.29, 0.717) is 6.42 Å². The van der Waals surface area contributed by atoms with Gasteiger partial charge in [0.15, 0.2) is 6.29 Å². The number of para-hydroxylation sites is 1. The molecule has 17 heavy (non-hydrogen) atoms. The van der Waals surface area contributed by atoms with E-state index in [2.05, 4.69) is 5.48 Å². The van der Waals surface area contributed by atoms with Gasteiger partial charge in [-0.2, -0.15) is 0 Å². The Hall–Kier alpha value is -1.84. The molecule has 88 valence electrons. The first-order chi connectivity index (χ1) is 8.34. The maximum Gasteiger partial charge on any atom is 0.185 e. The first-order valence-corrected chi connectivity index (χ1v) is 5.53. The average molecular weight is 229 g/mol. The third-order valence-electron chi connectivity index (χ3n) is 2.34. The molecule has 3 nitrogen and oxygen atoms in total. The summed E-state index contributed by atoms with van der Waals surface area (Å²) in [5, 5.41) is 9.68. The monoisotopic (exact) mass is 229 g/mol. The molecule has 0 saturated heterocycles. The first-order valence-electron chi connectivity index (χ1n) is 5.53. The maximum absolute atomic E-state index is 9.68. The van der Waals surface area contributed by atoms with E-state index in [1.807, 2.05) is 60.7 Å². The van der Waals surface area contributed by atoms with Crippen molar-refractivity contribution in [3.05, 3.63) is 66.2 Å². The van der Waals surface area contributed by atoms with Gasteiger partial charge in [-0.25, -0.2) is 4.84 Å². The molecule has 2 N–H and O–H groups in total. The van der Waals surface area contributed by atoms with Crippen LogP contribution in [0.1, 0.15) is 5.56 Å². The molecule has 0 aliphatic heterocycles. The molecule has 2 aromatic carbocycles. The molecule has 0 saturated carbocycles. The van der Waals surface area contributed by atoms with Gasteiger partial charge in [0.25, 0.3) is 0 Å². The van der Waals surface area contributed by atoms with Gasteiger partial charge >= 0.3 is 0 Å². The topological polar surface area (TPSA) is 41.5 Å². The largest absolute Gasteiger partial charge is 0.366 e. The number of hydrogen-bond acceptors (Lipinski definition) is 3. The minimum atomic E-state index is -0.863. The first kappa shape index (κ1) is 11.6. The lowest BCUT2D eigenvalue weighted by Gasteiger charge is -2.13. The molecule has 0 amide bonds. The van der Waals surface area contributed by atoms with Gasteiger partial charge < -0.3 is 5.11 Å². The highest BCUT2D eigenvalue weighted by molar-refractivity contribution is 5.40. The van der Waals surface area contributed by atoms with Crippen LogP contribution in [0.5, 0.6) is 0 Å². The van der Waals surface area contributed by atoms with E-state index in [0.717, 1.165) is 11.3 Å². The number of benzene rings is 2. The van der Waals surface area contributed by atoms with Crippen molar-refractivity contribution in [3.63, 3.8) is 0 Å². The van der Waals surface area contributed by atoms with Crippen LogP contribution in [0.25, 0.3) is 0 Å². The molecule has 3 heteroatoms. The summed E-state index contributed by atoms with van der Waals surface area (Å²) < 4.78 is 0. The second kappa shape index (κ2) is 6.03. The highest BCUT2D eigenvalue weighted by atomic mass is 16.7. The molecule has 0 aliphatic carbocycles. The normalized spacial score (nSPS) is 12.1. The summed E-state index contributed by atoms with van der Waals surface area (Å²) in [7, 11) is 0. The third-order valence-corrected chi connectivity index (χ3v) is 2.34. The van der Waals surface area contributed by atoms with Gasteiger partial charge in [0.2, 0.25) is 0 Å². The van der Waals surface area contributed by atoms with Crippen molar-refractivity contribution in [3.8, 4) is 0 Å². The molecule has 2 aromatic rings. The van der Waals surface area contributed by atoms with E-state index < -0.39 is 6.29 Å². The van der Waals surface area contributed by atoms with Crippen molar-refractivity contribution < 1.29 is 9.94 Å². The van der Waals surface area contributed by atoms with Crippen LogP contribution in [-0.2, 0) is 11.3 Å². The van der Waals surface area contributed by atoms with Gasteiger partial charge in [0.05, 0.1) is 5.69 Å². The number of aliphatic hydroxyl groups is 1. The van der Waals surface area contributed by atoms with Crippen LogP contribution in [0, 0.1) is 0 Å². The van der Waals surface area contributed by atoms with Gasteiger partial charge in [0.1, 0.15) is 0 Å². The zero-order valence-corrected chi connectivity index (χ0v) is 9.41. The van der Waals surface area contributed by atoms with E-state index in [9.17, 15) is 5.11 Å². The van der Waals surface area contributed by atoms with Crippen molar-refractivity contribution in [2.75, 3.05) is 5.48 Å². The van der Waals surface area contributed by atoms with E-state index in [-0.39, 0.29) is 0 Å². The number of anilines is 1. The summed E-state index contributed by atoms with van der Waals surface area (Å²) in [5.74, 6) is 0. The van der Waals surface area contributed by atoms with Gasteiger partial charge in [-0.1, -0.05) is 48.5 Å². The Bertz CT molecular complexity index is 430. The van der Waals surface area contributed by atoms with E-state index in [1.165, 1.54) is 0 Å². The Morgan fingerprint density at radius 3 is 2.18 bits per heavy atom. The summed E-state index contributed by atoms with van der Waals surface area (Å²) in [5.41, 5.74) is 4.57. The lowest BCUT2D eigenvalue weighted by molar-refractivity contribution is -0.0729. The fourth-order valence-corrected chi connectivity index (χ4v) is 1.50. The van der Waals surface area contributed by atoms with E-state index in [1.54, 1.807) is 0 Å². The molecule has 0 radical (unpaired) electrons.